The topological polar surface area (TPSA) is 70.9 Å². The molecule has 0 radical (unpaired) electrons. The molecular weight excluding hydrogens is 230 g/mol. The van der Waals surface area contributed by atoms with E-state index >= 15 is 0 Å². The van der Waals surface area contributed by atoms with Gasteiger partial charge in [-0.15, -0.1) is 0 Å². The summed E-state index contributed by atoms with van der Waals surface area (Å²) in [6.45, 7) is 0.623. The van der Waals surface area contributed by atoms with Crippen LogP contribution in [0.3, 0.4) is 0 Å². The first-order valence-corrected chi connectivity index (χ1v) is 5.14. The van der Waals surface area contributed by atoms with Crippen LogP contribution in [0.15, 0.2) is 33.8 Å². The molecular formula is C10H10ClN3O2. The maximum Gasteiger partial charge on any atom is 0.285 e. The highest BCUT2D eigenvalue weighted by Gasteiger charge is 2.04. The number of aromatic amines is 1. The van der Waals surface area contributed by atoms with Gasteiger partial charge in [0.1, 0.15) is 10.8 Å². The quantitative estimate of drug-likeness (QED) is 0.852. The molecule has 0 amide bonds. The third-order valence-electron chi connectivity index (χ3n) is 2.06. The van der Waals surface area contributed by atoms with Crippen LogP contribution in [0.2, 0.25) is 5.02 Å². The van der Waals surface area contributed by atoms with Crippen LogP contribution < -0.4 is 10.9 Å². The number of anilines is 1. The van der Waals surface area contributed by atoms with Crippen molar-refractivity contribution in [2.45, 2.75) is 6.42 Å². The summed E-state index contributed by atoms with van der Waals surface area (Å²) in [7, 11) is 0. The molecule has 0 aliphatic heterocycles. The summed E-state index contributed by atoms with van der Waals surface area (Å²) in [5, 5.41) is 9.04. The van der Waals surface area contributed by atoms with Gasteiger partial charge >= 0.3 is 0 Å². The fraction of sp³-hybridized carbons (Fsp3) is 0.200. The Balaban J connectivity index is 1.95. The molecule has 0 saturated heterocycles. The fourth-order valence-electron chi connectivity index (χ4n) is 1.28. The molecule has 2 heterocycles. The van der Waals surface area contributed by atoms with Crippen molar-refractivity contribution in [3.63, 3.8) is 0 Å². The zero-order valence-electron chi connectivity index (χ0n) is 8.37. The van der Waals surface area contributed by atoms with Crippen LogP contribution in [-0.2, 0) is 6.42 Å². The van der Waals surface area contributed by atoms with Gasteiger partial charge in [0.15, 0.2) is 0 Å². The molecule has 0 aliphatic rings. The number of rotatable bonds is 4. The van der Waals surface area contributed by atoms with E-state index < -0.39 is 5.56 Å². The van der Waals surface area contributed by atoms with Crippen molar-refractivity contribution in [2.75, 3.05) is 11.9 Å². The monoisotopic (exact) mass is 239 g/mol. The number of nitrogens with zero attached hydrogens (tertiary/aromatic N) is 1. The zero-order valence-corrected chi connectivity index (χ0v) is 9.12. The second-order valence-electron chi connectivity index (χ2n) is 3.18. The van der Waals surface area contributed by atoms with Gasteiger partial charge in [-0.1, -0.05) is 11.6 Å². The van der Waals surface area contributed by atoms with Gasteiger partial charge in [-0.2, -0.15) is 5.10 Å². The lowest BCUT2D eigenvalue weighted by Crippen LogP contribution is -2.13. The predicted molar refractivity (Wildman–Crippen MR) is 60.8 cm³/mol. The van der Waals surface area contributed by atoms with Crippen LogP contribution in [0.5, 0.6) is 0 Å². The minimum absolute atomic E-state index is 0.120. The first kappa shape index (κ1) is 10.8. The average molecular weight is 240 g/mol. The first-order chi connectivity index (χ1) is 7.77. The molecule has 0 atom stereocenters. The number of H-pyrrole nitrogens is 1. The normalized spacial score (nSPS) is 10.3. The number of furan rings is 1. The van der Waals surface area contributed by atoms with Gasteiger partial charge in [0.2, 0.25) is 0 Å². The zero-order chi connectivity index (χ0) is 11.4. The highest BCUT2D eigenvalue weighted by atomic mass is 35.5. The molecule has 0 aromatic carbocycles. The second-order valence-corrected chi connectivity index (χ2v) is 3.56. The molecule has 0 bridgehead atoms. The maximum atomic E-state index is 11.1. The van der Waals surface area contributed by atoms with E-state index in [0.717, 1.165) is 12.2 Å². The van der Waals surface area contributed by atoms with Crippen molar-refractivity contribution in [1.29, 1.82) is 0 Å². The Morgan fingerprint density at radius 2 is 2.44 bits per heavy atom. The van der Waals surface area contributed by atoms with Crippen LogP contribution in [0.25, 0.3) is 0 Å². The van der Waals surface area contributed by atoms with Crippen LogP contribution in [0.1, 0.15) is 5.76 Å². The van der Waals surface area contributed by atoms with Gasteiger partial charge in [0, 0.05) is 13.0 Å². The Morgan fingerprint density at radius 1 is 1.56 bits per heavy atom. The van der Waals surface area contributed by atoms with E-state index in [2.05, 4.69) is 15.5 Å². The molecule has 2 N–H and O–H groups in total. The minimum atomic E-state index is -0.398. The summed E-state index contributed by atoms with van der Waals surface area (Å²) < 4.78 is 5.17. The van der Waals surface area contributed by atoms with E-state index in [1.54, 1.807) is 6.26 Å². The van der Waals surface area contributed by atoms with Crippen LogP contribution in [-0.4, -0.2) is 16.7 Å². The highest BCUT2D eigenvalue weighted by molar-refractivity contribution is 6.32. The van der Waals surface area contributed by atoms with E-state index in [1.165, 1.54) is 6.20 Å². The smallest absolute Gasteiger partial charge is 0.285 e. The number of hydrogen-bond acceptors (Lipinski definition) is 4. The molecule has 0 saturated carbocycles. The molecule has 84 valence electrons. The number of aromatic nitrogens is 2. The van der Waals surface area contributed by atoms with Gasteiger partial charge in [-0.25, -0.2) is 5.10 Å². The van der Waals surface area contributed by atoms with Crippen molar-refractivity contribution >= 4 is 17.3 Å². The fourth-order valence-corrected chi connectivity index (χ4v) is 1.44. The Morgan fingerprint density at radius 3 is 3.19 bits per heavy atom. The molecule has 6 heteroatoms. The Labute approximate surface area is 96.4 Å². The van der Waals surface area contributed by atoms with Crippen molar-refractivity contribution in [2.24, 2.45) is 0 Å². The molecule has 2 aromatic heterocycles. The summed E-state index contributed by atoms with van der Waals surface area (Å²) in [6.07, 6.45) is 3.82. The molecule has 5 nitrogen and oxygen atoms in total. The SMILES string of the molecule is O=c1[nH]ncc(NCCc2ccco2)c1Cl. The van der Waals surface area contributed by atoms with Gasteiger partial charge in [-0.3, -0.25) is 4.79 Å². The first-order valence-electron chi connectivity index (χ1n) is 4.77. The van der Waals surface area contributed by atoms with Crippen molar-refractivity contribution in [3.05, 3.63) is 45.7 Å². The second kappa shape index (κ2) is 4.85. The number of nitrogens with one attached hydrogen (secondary N) is 2. The molecule has 0 aliphatic carbocycles. The van der Waals surface area contributed by atoms with Crippen molar-refractivity contribution in [3.8, 4) is 0 Å². The van der Waals surface area contributed by atoms with Crippen LogP contribution >= 0.6 is 11.6 Å². The minimum Gasteiger partial charge on any atom is -0.469 e. The summed E-state index contributed by atoms with van der Waals surface area (Å²) in [5.41, 5.74) is 0.127. The Kier molecular flexibility index (Phi) is 3.26. The van der Waals surface area contributed by atoms with E-state index in [-0.39, 0.29) is 5.02 Å². The van der Waals surface area contributed by atoms with E-state index in [0.29, 0.717) is 12.2 Å². The van der Waals surface area contributed by atoms with Crippen LogP contribution in [0.4, 0.5) is 5.69 Å². The van der Waals surface area contributed by atoms with Gasteiger partial charge in [-0.05, 0) is 12.1 Å². The summed E-state index contributed by atoms with van der Waals surface area (Å²) in [4.78, 5) is 11.1. The molecule has 16 heavy (non-hydrogen) atoms. The van der Waals surface area contributed by atoms with E-state index in [1.807, 2.05) is 12.1 Å². The standard InChI is InChI=1S/C10H10ClN3O2/c11-9-8(6-13-14-10(9)15)12-4-3-7-2-1-5-16-7/h1-2,5-6H,3-4H2,(H2,12,14,15). The molecule has 2 rings (SSSR count). The number of halogens is 1. The molecule has 0 unspecified atom stereocenters. The van der Waals surface area contributed by atoms with Gasteiger partial charge in [0.05, 0.1) is 18.1 Å². The highest BCUT2D eigenvalue weighted by Crippen LogP contribution is 2.14. The number of hydrogen-bond donors (Lipinski definition) is 2. The largest absolute Gasteiger partial charge is 0.469 e. The van der Waals surface area contributed by atoms with Gasteiger partial charge < -0.3 is 9.73 Å². The molecule has 2 aromatic rings. The van der Waals surface area contributed by atoms with E-state index in [9.17, 15) is 4.79 Å². The molecule has 0 fully saturated rings. The Bertz CT molecular complexity index is 507. The lowest BCUT2D eigenvalue weighted by molar-refractivity contribution is 0.513. The maximum absolute atomic E-state index is 11.1. The summed E-state index contributed by atoms with van der Waals surface area (Å²) >= 11 is 5.78. The van der Waals surface area contributed by atoms with Crippen molar-refractivity contribution in [1.82, 2.24) is 10.2 Å². The van der Waals surface area contributed by atoms with Crippen molar-refractivity contribution < 1.29 is 4.42 Å². The lowest BCUT2D eigenvalue weighted by Gasteiger charge is -2.05. The lowest BCUT2D eigenvalue weighted by atomic mass is 10.3. The average Bonchev–Trinajstić information content (AvgIpc) is 2.77. The van der Waals surface area contributed by atoms with E-state index in [4.69, 9.17) is 16.0 Å². The third-order valence-corrected chi connectivity index (χ3v) is 2.44. The molecule has 0 spiro atoms. The summed E-state index contributed by atoms with van der Waals surface area (Å²) in [5.74, 6) is 0.876. The van der Waals surface area contributed by atoms with Crippen LogP contribution in [0, 0.1) is 0 Å². The van der Waals surface area contributed by atoms with Gasteiger partial charge in [0.25, 0.3) is 5.56 Å². The third kappa shape index (κ3) is 2.43. The summed E-state index contributed by atoms with van der Waals surface area (Å²) in [6, 6.07) is 3.72. The predicted octanol–water partition coefficient (Wildman–Crippen LogP) is 1.67. The Hall–Kier alpha value is -1.75.